The largest absolute Gasteiger partial charge is 0.299 e. The van der Waals surface area contributed by atoms with Crippen LogP contribution in [0.2, 0.25) is 0 Å². The third-order valence-electron chi connectivity index (χ3n) is 6.77. The first-order chi connectivity index (χ1) is 14.7. The highest BCUT2D eigenvalue weighted by molar-refractivity contribution is 5.32. The predicted molar refractivity (Wildman–Crippen MR) is 136 cm³/mol. The summed E-state index contributed by atoms with van der Waals surface area (Å²) in [6, 6.07) is 6.83. The molecule has 0 spiro atoms. The number of hydrogen-bond donors (Lipinski definition) is 0. The van der Waals surface area contributed by atoms with Gasteiger partial charge in [-0.3, -0.25) is 4.90 Å². The molecule has 1 rings (SSSR count). The average molecular weight is 416 g/mol. The Labute approximate surface area is 190 Å². The van der Waals surface area contributed by atoms with Crippen LogP contribution in [-0.4, -0.2) is 18.0 Å². The van der Waals surface area contributed by atoms with Gasteiger partial charge in [-0.15, -0.1) is 0 Å². The Hall–Kier alpha value is -0.820. The molecule has 0 aliphatic heterocycles. The molecule has 0 radical (unpaired) electrons. The third-order valence-corrected chi connectivity index (χ3v) is 6.77. The summed E-state index contributed by atoms with van der Waals surface area (Å²) in [5.41, 5.74) is 4.47. The topological polar surface area (TPSA) is 3.24 Å². The van der Waals surface area contributed by atoms with Gasteiger partial charge in [-0.25, -0.2) is 0 Å². The number of benzene rings is 1. The summed E-state index contributed by atoms with van der Waals surface area (Å²) in [6.45, 7) is 12.8. The number of unbranched alkanes of at least 4 members (excludes halogenated alkanes) is 14. The quantitative estimate of drug-likeness (QED) is 0.192. The first-order valence-electron chi connectivity index (χ1n) is 13.5. The summed E-state index contributed by atoms with van der Waals surface area (Å²) in [5.74, 6) is 0. The fraction of sp³-hybridized carbons (Fsp3) is 0.793. The molecule has 0 aliphatic carbocycles. The molecule has 0 bridgehead atoms. The molecule has 174 valence electrons. The van der Waals surface area contributed by atoms with Gasteiger partial charge < -0.3 is 0 Å². The fourth-order valence-corrected chi connectivity index (χ4v) is 4.43. The third kappa shape index (κ3) is 13.5. The summed E-state index contributed by atoms with van der Waals surface area (Å²) in [4.78, 5) is 2.75. The van der Waals surface area contributed by atoms with E-state index in [4.69, 9.17) is 0 Å². The fourth-order valence-electron chi connectivity index (χ4n) is 4.43. The first kappa shape index (κ1) is 27.2. The number of rotatable bonds is 20. The monoisotopic (exact) mass is 415 g/mol. The van der Waals surface area contributed by atoms with E-state index in [0.717, 1.165) is 6.54 Å². The van der Waals surface area contributed by atoms with Gasteiger partial charge in [-0.05, 0) is 56.5 Å². The Kier molecular flexibility index (Phi) is 17.2. The van der Waals surface area contributed by atoms with Crippen molar-refractivity contribution in [2.45, 2.75) is 137 Å². The van der Waals surface area contributed by atoms with E-state index < -0.39 is 0 Å². The molecule has 0 saturated carbocycles. The highest BCUT2D eigenvalue weighted by Crippen LogP contribution is 2.17. The molecule has 0 saturated heterocycles. The van der Waals surface area contributed by atoms with Crippen molar-refractivity contribution in [1.29, 1.82) is 0 Å². The van der Waals surface area contributed by atoms with E-state index >= 15 is 0 Å². The molecule has 0 aliphatic rings. The molecule has 0 unspecified atom stereocenters. The maximum atomic E-state index is 2.75. The van der Waals surface area contributed by atoms with Gasteiger partial charge in [-0.2, -0.15) is 0 Å². The summed E-state index contributed by atoms with van der Waals surface area (Å²) in [6.07, 6.45) is 22.6. The van der Waals surface area contributed by atoms with E-state index in [-0.39, 0.29) is 0 Å². The molecule has 30 heavy (non-hydrogen) atoms. The Morgan fingerprint density at radius 1 is 0.567 bits per heavy atom. The van der Waals surface area contributed by atoms with Crippen molar-refractivity contribution < 1.29 is 0 Å². The van der Waals surface area contributed by atoms with Gasteiger partial charge in [-0.1, -0.05) is 122 Å². The molecular weight excluding hydrogens is 362 g/mol. The molecule has 1 aromatic rings. The van der Waals surface area contributed by atoms with E-state index in [0.29, 0.717) is 0 Å². The Morgan fingerprint density at radius 3 is 1.47 bits per heavy atom. The second-order valence-corrected chi connectivity index (χ2v) is 9.58. The van der Waals surface area contributed by atoms with Crippen LogP contribution in [0.3, 0.4) is 0 Å². The van der Waals surface area contributed by atoms with Gasteiger partial charge in [0.25, 0.3) is 0 Å². The van der Waals surface area contributed by atoms with E-state index in [1.54, 1.807) is 0 Å². The summed E-state index contributed by atoms with van der Waals surface area (Å²) in [5, 5.41) is 0. The zero-order valence-electron chi connectivity index (χ0n) is 21.1. The second-order valence-electron chi connectivity index (χ2n) is 9.58. The van der Waals surface area contributed by atoms with Gasteiger partial charge in [0.15, 0.2) is 0 Å². The molecule has 1 heteroatoms. The maximum absolute atomic E-state index is 2.75. The van der Waals surface area contributed by atoms with Crippen molar-refractivity contribution in [2.24, 2.45) is 0 Å². The minimum atomic E-state index is 1.14. The standard InChI is InChI=1S/C29H53N/c1-5-7-9-11-13-15-17-19-24-30(25-20-18-16-14-12-10-8-6-2)26-29-23-21-22-27(3)28(29)4/h21-23H,5-20,24-26H2,1-4H3. The van der Waals surface area contributed by atoms with Crippen molar-refractivity contribution in [3.8, 4) is 0 Å². The molecule has 0 heterocycles. The molecule has 1 aromatic carbocycles. The van der Waals surface area contributed by atoms with Crippen LogP contribution in [0.15, 0.2) is 18.2 Å². The van der Waals surface area contributed by atoms with Crippen LogP contribution in [0.5, 0.6) is 0 Å². The smallest absolute Gasteiger partial charge is 0.0236 e. The lowest BCUT2D eigenvalue weighted by Gasteiger charge is -2.24. The minimum absolute atomic E-state index is 1.14. The summed E-state index contributed by atoms with van der Waals surface area (Å²) < 4.78 is 0. The number of hydrogen-bond acceptors (Lipinski definition) is 1. The molecular formula is C29H53N. The van der Waals surface area contributed by atoms with Crippen molar-refractivity contribution in [3.63, 3.8) is 0 Å². The van der Waals surface area contributed by atoms with Gasteiger partial charge in [0.2, 0.25) is 0 Å². The first-order valence-corrected chi connectivity index (χ1v) is 13.5. The van der Waals surface area contributed by atoms with Crippen LogP contribution in [0.1, 0.15) is 133 Å². The van der Waals surface area contributed by atoms with E-state index in [1.807, 2.05) is 0 Å². The van der Waals surface area contributed by atoms with Gasteiger partial charge in [0.05, 0.1) is 0 Å². The Balaban J connectivity index is 2.33. The highest BCUT2D eigenvalue weighted by atomic mass is 15.1. The van der Waals surface area contributed by atoms with Gasteiger partial charge >= 0.3 is 0 Å². The SMILES string of the molecule is CCCCCCCCCCN(CCCCCCCCCC)Cc1cccc(C)c1C. The van der Waals surface area contributed by atoms with Crippen LogP contribution >= 0.6 is 0 Å². The molecule has 1 nitrogen and oxygen atoms in total. The highest BCUT2D eigenvalue weighted by Gasteiger charge is 2.09. The summed E-state index contributed by atoms with van der Waals surface area (Å²) >= 11 is 0. The van der Waals surface area contributed by atoms with E-state index in [2.05, 4.69) is 50.8 Å². The van der Waals surface area contributed by atoms with Crippen molar-refractivity contribution >= 4 is 0 Å². The second kappa shape index (κ2) is 18.9. The van der Waals surface area contributed by atoms with Crippen LogP contribution in [0, 0.1) is 13.8 Å². The minimum Gasteiger partial charge on any atom is -0.299 e. The molecule has 0 atom stereocenters. The van der Waals surface area contributed by atoms with Crippen molar-refractivity contribution in [1.82, 2.24) is 4.90 Å². The lowest BCUT2D eigenvalue weighted by molar-refractivity contribution is 0.251. The molecule has 0 aromatic heterocycles. The lowest BCUT2D eigenvalue weighted by Crippen LogP contribution is -2.26. The van der Waals surface area contributed by atoms with Crippen LogP contribution in [0.25, 0.3) is 0 Å². The molecule has 0 fully saturated rings. The van der Waals surface area contributed by atoms with Crippen LogP contribution in [-0.2, 0) is 6.54 Å². The number of nitrogens with zero attached hydrogens (tertiary/aromatic N) is 1. The molecule has 0 amide bonds. The van der Waals surface area contributed by atoms with Crippen LogP contribution in [0.4, 0.5) is 0 Å². The normalized spacial score (nSPS) is 11.5. The average Bonchev–Trinajstić information content (AvgIpc) is 2.74. The Bertz CT molecular complexity index is 487. The van der Waals surface area contributed by atoms with E-state index in [9.17, 15) is 0 Å². The number of aryl methyl sites for hydroxylation is 1. The van der Waals surface area contributed by atoms with E-state index in [1.165, 1.54) is 133 Å². The lowest BCUT2D eigenvalue weighted by atomic mass is 10.0. The predicted octanol–water partition coefficient (Wildman–Crippen LogP) is 9.39. The Morgan fingerprint density at radius 2 is 1.00 bits per heavy atom. The maximum Gasteiger partial charge on any atom is 0.0236 e. The molecule has 0 N–H and O–H groups in total. The zero-order chi connectivity index (χ0) is 21.9. The zero-order valence-corrected chi connectivity index (χ0v) is 21.1. The van der Waals surface area contributed by atoms with Gasteiger partial charge in [0, 0.05) is 6.54 Å². The van der Waals surface area contributed by atoms with Crippen molar-refractivity contribution in [3.05, 3.63) is 34.9 Å². The van der Waals surface area contributed by atoms with Gasteiger partial charge in [0.1, 0.15) is 0 Å². The van der Waals surface area contributed by atoms with Crippen LogP contribution < -0.4 is 0 Å². The summed E-state index contributed by atoms with van der Waals surface area (Å²) in [7, 11) is 0. The van der Waals surface area contributed by atoms with Crippen molar-refractivity contribution in [2.75, 3.05) is 13.1 Å².